The van der Waals surface area contributed by atoms with Gasteiger partial charge in [-0.25, -0.2) is 0 Å². The van der Waals surface area contributed by atoms with Gasteiger partial charge in [0.1, 0.15) is 0 Å². The molecule has 1 aromatic heterocycles. The van der Waals surface area contributed by atoms with Crippen LogP contribution < -0.4 is 0 Å². The molecule has 0 atom stereocenters. The van der Waals surface area contributed by atoms with E-state index in [9.17, 15) is 4.79 Å². The Balaban J connectivity index is 0.000000504. The quantitative estimate of drug-likeness (QED) is 0.207. The zero-order chi connectivity index (χ0) is 19.3. The van der Waals surface area contributed by atoms with Gasteiger partial charge in [0.15, 0.2) is 5.78 Å². The number of rotatable bonds is 3. The van der Waals surface area contributed by atoms with E-state index in [1.54, 1.807) is 12.3 Å². The fraction of sp³-hybridized carbons (Fsp3) is 0.333. The van der Waals surface area contributed by atoms with Crippen LogP contribution in [0.4, 0.5) is 0 Å². The minimum absolute atomic E-state index is 0. The van der Waals surface area contributed by atoms with Crippen molar-refractivity contribution in [2.75, 3.05) is 0 Å². The second-order valence-electron chi connectivity index (χ2n) is 5.73. The zero-order valence-electron chi connectivity index (χ0n) is 15.0. The molecule has 1 N–H and O–H groups in total. The van der Waals surface area contributed by atoms with Gasteiger partial charge in [0.25, 0.3) is 0 Å². The van der Waals surface area contributed by atoms with Crippen molar-refractivity contribution in [1.29, 1.82) is 0 Å². The van der Waals surface area contributed by atoms with Gasteiger partial charge in [-0.2, -0.15) is 0 Å². The van der Waals surface area contributed by atoms with Crippen LogP contribution in [-0.2, 0) is 32.9 Å². The van der Waals surface area contributed by atoms with Gasteiger partial charge in [-0.05, 0) is 34.8 Å². The molecule has 1 aromatic carbocycles. The third-order valence-electron chi connectivity index (χ3n) is 3.32. The first-order valence-electron chi connectivity index (χ1n) is 7.51. The number of carbonyl (C=O) groups is 1. The van der Waals surface area contributed by atoms with Crippen LogP contribution in [0.2, 0.25) is 15.1 Å². The third-order valence-corrected chi connectivity index (χ3v) is 4.31. The van der Waals surface area contributed by atoms with E-state index in [-0.39, 0.29) is 38.5 Å². The number of allylic oxidation sites excluding steroid dienone is 2. The summed E-state index contributed by atoms with van der Waals surface area (Å²) in [6.07, 6.45) is 3.49. The maximum absolute atomic E-state index is 10.8. The van der Waals surface area contributed by atoms with Gasteiger partial charge in [-0.15, -0.1) is 46.9 Å². The van der Waals surface area contributed by atoms with Gasteiger partial charge < -0.3 is 9.67 Å². The standard InChI is InChI=1S/C10H6Cl3N2.C8H14O2.Pt/c1-15-3-2-14-10(15)7-4-6(11)5-8(12)9(7)13;1-5(2)8(6(3)9)7(4)10;/h2-3,5H,1H3;5,9H,1-4H3;/q-1;;/b;8-6-;. The summed E-state index contributed by atoms with van der Waals surface area (Å²) in [6, 6.07) is 4.48. The molecule has 0 aliphatic rings. The van der Waals surface area contributed by atoms with Gasteiger partial charge in [0.2, 0.25) is 0 Å². The molecule has 0 bridgehead atoms. The Hall–Kier alpha value is -0.802. The molecule has 0 unspecified atom stereocenters. The molecule has 0 saturated carbocycles. The molecule has 26 heavy (non-hydrogen) atoms. The van der Waals surface area contributed by atoms with E-state index in [1.807, 2.05) is 31.7 Å². The van der Waals surface area contributed by atoms with Crippen LogP contribution in [-0.4, -0.2) is 20.4 Å². The number of imidazole rings is 1. The number of aryl methyl sites for hydroxylation is 1. The molecule has 0 radical (unpaired) electrons. The molecule has 0 aliphatic heterocycles. The molecule has 0 aliphatic carbocycles. The number of hydrogen-bond acceptors (Lipinski definition) is 3. The smallest absolute Gasteiger partial charge is 0.159 e. The molecule has 2 rings (SSSR count). The number of hydrogen-bond donors (Lipinski definition) is 1. The maximum Gasteiger partial charge on any atom is 0.159 e. The number of halogens is 3. The summed E-state index contributed by atoms with van der Waals surface area (Å²) in [7, 11) is 1.86. The monoisotopic (exact) mass is 596 g/mol. The Bertz CT molecular complexity index is 798. The predicted molar refractivity (Wildman–Crippen MR) is 103 cm³/mol. The van der Waals surface area contributed by atoms with Crippen molar-refractivity contribution in [1.82, 2.24) is 9.55 Å². The van der Waals surface area contributed by atoms with E-state index in [1.165, 1.54) is 13.8 Å². The molecule has 0 saturated heterocycles. The van der Waals surface area contributed by atoms with Crippen molar-refractivity contribution in [3.05, 3.63) is 50.9 Å². The Morgan fingerprint density at radius 1 is 1.27 bits per heavy atom. The second-order valence-corrected chi connectivity index (χ2v) is 6.92. The van der Waals surface area contributed by atoms with Crippen LogP contribution >= 0.6 is 34.8 Å². The van der Waals surface area contributed by atoms with Crippen LogP contribution in [0, 0.1) is 12.0 Å². The van der Waals surface area contributed by atoms with Gasteiger partial charge in [0.05, 0.1) is 11.6 Å². The molecule has 1 heterocycles. The van der Waals surface area contributed by atoms with E-state index in [2.05, 4.69) is 11.1 Å². The first kappa shape index (κ1) is 25.2. The molecule has 146 valence electrons. The Morgan fingerprint density at radius 3 is 2.19 bits per heavy atom. The van der Waals surface area contributed by atoms with Crippen LogP contribution in [0.3, 0.4) is 0 Å². The first-order valence-corrected chi connectivity index (χ1v) is 8.64. The average molecular weight is 598 g/mol. The summed E-state index contributed by atoms with van der Waals surface area (Å²) in [5.74, 6) is 0.893. The molecular formula is C18H20Cl3N2O2Pt-. The molecular weight excluding hydrogens is 578 g/mol. The largest absolute Gasteiger partial charge is 0.512 e. The van der Waals surface area contributed by atoms with Crippen LogP contribution in [0.5, 0.6) is 0 Å². The van der Waals surface area contributed by atoms with Crippen LogP contribution in [0.25, 0.3) is 11.4 Å². The maximum atomic E-state index is 10.8. The van der Waals surface area contributed by atoms with E-state index in [0.717, 1.165) is 0 Å². The van der Waals surface area contributed by atoms with E-state index in [0.29, 0.717) is 32.0 Å². The Kier molecular flexibility index (Phi) is 10.8. The van der Waals surface area contributed by atoms with Crippen molar-refractivity contribution in [2.45, 2.75) is 27.7 Å². The topological polar surface area (TPSA) is 55.1 Å². The van der Waals surface area contributed by atoms with E-state index >= 15 is 0 Å². The minimum Gasteiger partial charge on any atom is -0.512 e. The Labute approximate surface area is 183 Å². The predicted octanol–water partition coefficient (Wildman–Crippen LogP) is 5.91. The van der Waals surface area contributed by atoms with Gasteiger partial charge in [-0.3, -0.25) is 9.78 Å². The van der Waals surface area contributed by atoms with Crippen molar-refractivity contribution >= 4 is 40.6 Å². The van der Waals surface area contributed by atoms with Crippen molar-refractivity contribution in [2.24, 2.45) is 13.0 Å². The second kappa shape index (κ2) is 11.1. The molecule has 8 heteroatoms. The summed E-state index contributed by atoms with van der Waals surface area (Å²) >= 11 is 17.8. The molecule has 0 amide bonds. The molecule has 0 spiro atoms. The van der Waals surface area contributed by atoms with Crippen molar-refractivity contribution < 1.29 is 31.0 Å². The first-order chi connectivity index (χ1) is 11.6. The van der Waals surface area contributed by atoms with Crippen molar-refractivity contribution in [3.8, 4) is 11.4 Å². The van der Waals surface area contributed by atoms with Crippen LogP contribution in [0.1, 0.15) is 27.7 Å². The minimum atomic E-state index is -0.0463. The average Bonchev–Trinajstić information content (AvgIpc) is 2.88. The summed E-state index contributed by atoms with van der Waals surface area (Å²) in [4.78, 5) is 15.0. The fourth-order valence-electron chi connectivity index (χ4n) is 2.34. The van der Waals surface area contributed by atoms with E-state index < -0.39 is 0 Å². The summed E-state index contributed by atoms with van der Waals surface area (Å²) in [5, 5.41) is 10.2. The number of nitrogens with zero attached hydrogens (tertiary/aromatic N) is 2. The normalized spacial score (nSPS) is 11.3. The van der Waals surface area contributed by atoms with E-state index in [4.69, 9.17) is 39.9 Å². The molecule has 2 aromatic rings. The van der Waals surface area contributed by atoms with Crippen LogP contribution in [0.15, 0.2) is 29.8 Å². The number of aromatic nitrogens is 2. The Morgan fingerprint density at radius 2 is 1.85 bits per heavy atom. The van der Waals surface area contributed by atoms with Gasteiger partial charge in [-0.1, -0.05) is 19.4 Å². The SMILES string of the molecule is CC(=O)/C(=C(/C)O)C(C)C.Cn1ccnc1-c1[c-]c(Cl)cc(Cl)c1Cl.[Pt]. The summed E-state index contributed by atoms with van der Waals surface area (Å²) < 4.78 is 1.82. The number of aliphatic hydroxyl groups is 1. The fourth-order valence-corrected chi connectivity index (χ4v) is 2.99. The van der Waals surface area contributed by atoms with Crippen molar-refractivity contribution in [3.63, 3.8) is 0 Å². The zero-order valence-corrected chi connectivity index (χ0v) is 19.5. The molecule has 0 fully saturated rings. The summed E-state index contributed by atoms with van der Waals surface area (Å²) in [6.45, 7) is 6.78. The summed E-state index contributed by atoms with van der Waals surface area (Å²) in [5.41, 5.74) is 1.14. The number of benzene rings is 1. The number of Topliss-reactive ketones (excluding diaryl/α,β-unsaturated/α-hetero) is 1. The number of carbonyl (C=O) groups excluding carboxylic acids is 1. The van der Waals surface area contributed by atoms with Gasteiger partial charge in [0, 0.05) is 46.1 Å². The molecule has 4 nitrogen and oxygen atoms in total. The number of ketones is 1. The van der Waals surface area contributed by atoms with Gasteiger partial charge >= 0.3 is 0 Å². The number of aliphatic hydroxyl groups excluding tert-OH is 1. The third kappa shape index (κ3) is 6.73.